The van der Waals surface area contributed by atoms with Crippen LogP contribution in [0.5, 0.6) is 0 Å². The summed E-state index contributed by atoms with van der Waals surface area (Å²) in [7, 11) is 2.02. The molecule has 3 saturated heterocycles. The lowest BCUT2D eigenvalue weighted by Crippen LogP contribution is -2.71. The van der Waals surface area contributed by atoms with Gasteiger partial charge in [0.05, 0.1) is 5.92 Å². The minimum Gasteiger partial charge on any atom is -0.479 e. The summed E-state index contributed by atoms with van der Waals surface area (Å²) < 4.78 is 6.23. The lowest BCUT2D eigenvalue weighted by molar-refractivity contribution is -0.315. The molecule has 53 heavy (non-hydrogen) atoms. The van der Waals surface area contributed by atoms with Crippen molar-refractivity contribution in [1.29, 1.82) is 0 Å². The average Bonchev–Trinajstić information content (AvgIpc) is 3.84. The van der Waals surface area contributed by atoms with Crippen LogP contribution in [0, 0.1) is 5.92 Å². The molecule has 4 aliphatic heterocycles. The number of carboxylic acid groups (broad SMARTS) is 2. The molecule has 1 aromatic heterocycles. The number of H-pyrrole nitrogens is 1. The molecule has 16 heteroatoms. The zero-order valence-corrected chi connectivity index (χ0v) is 29.0. The fraction of sp³-hybridized carbons (Fsp3) is 0.432. The Labute approximate surface area is 303 Å². The molecule has 8 atom stereocenters. The molecule has 0 spiro atoms. The summed E-state index contributed by atoms with van der Waals surface area (Å²) in [6, 6.07) is 14.1. The molecule has 0 saturated carbocycles. The number of aliphatic hydroxyl groups excluding tert-OH is 2. The Morgan fingerprint density at radius 2 is 1.74 bits per heavy atom. The summed E-state index contributed by atoms with van der Waals surface area (Å²) in [6.07, 6.45) is 1.85. The Balaban J connectivity index is 0.000000384. The number of fused-ring (bicyclic) bond motifs is 5. The van der Waals surface area contributed by atoms with Gasteiger partial charge < -0.3 is 40.7 Å². The fourth-order valence-electron chi connectivity index (χ4n) is 8.39. The number of hydrogen-bond acceptors (Lipinski definition) is 10. The highest BCUT2D eigenvalue weighted by Gasteiger charge is 2.70. The standard InChI is InChI=1S/C33H35N5O5.C4H6O6/c1-32(35-29(39)21-15-23-22-10-6-11-24-28(22)20(17-34-24)16-25(23)36(2)18-21)31(41)38-26(14-19-8-4-3-5-9-19)30(40)37-13-7-12-27(37)33(38,42)43-32;5-1(3(7)8)2(6)4(9)10/h3-6,8-11,15,17,21,25-27,34,42H,7,12-14,16,18H2,1-2H3,(H,35,39);1-2,5-6H,(H,7,8)(H,9,10)/t21-,25-,26+,27+,32-,33+;/m1./s1. The van der Waals surface area contributed by atoms with Crippen LogP contribution < -0.4 is 5.32 Å². The summed E-state index contributed by atoms with van der Waals surface area (Å²) in [5, 5.41) is 48.6. The molecular weight excluding hydrogens is 690 g/mol. The number of nitrogens with one attached hydrogen (secondary N) is 2. The monoisotopic (exact) mass is 731 g/mol. The Morgan fingerprint density at radius 3 is 2.42 bits per heavy atom. The number of rotatable bonds is 7. The van der Waals surface area contributed by atoms with Crippen LogP contribution >= 0.6 is 0 Å². The van der Waals surface area contributed by atoms with Crippen LogP contribution in [0.25, 0.3) is 16.5 Å². The summed E-state index contributed by atoms with van der Waals surface area (Å²) in [4.78, 5) is 69.8. The zero-order valence-electron chi connectivity index (χ0n) is 29.0. The van der Waals surface area contributed by atoms with E-state index >= 15 is 0 Å². The summed E-state index contributed by atoms with van der Waals surface area (Å²) in [5.74, 6) is -7.30. The van der Waals surface area contributed by atoms with Crippen LogP contribution in [0.4, 0.5) is 0 Å². The summed E-state index contributed by atoms with van der Waals surface area (Å²) >= 11 is 0. The Morgan fingerprint density at radius 1 is 1.04 bits per heavy atom. The van der Waals surface area contributed by atoms with Crippen molar-refractivity contribution >= 4 is 46.1 Å². The van der Waals surface area contributed by atoms with E-state index < -0.39 is 59.7 Å². The number of nitrogens with zero attached hydrogens (tertiary/aromatic N) is 3. The maximum Gasteiger partial charge on any atom is 0.335 e. The Kier molecular flexibility index (Phi) is 9.14. The molecule has 0 bridgehead atoms. The summed E-state index contributed by atoms with van der Waals surface area (Å²) in [6.45, 7) is 2.45. The second kappa shape index (κ2) is 13.4. The van der Waals surface area contributed by atoms with E-state index in [1.165, 1.54) is 22.8 Å². The van der Waals surface area contributed by atoms with Crippen LogP contribution in [0.15, 0.2) is 60.8 Å². The Hall–Kier alpha value is -5.13. The zero-order chi connectivity index (χ0) is 38.0. The van der Waals surface area contributed by atoms with Crippen molar-refractivity contribution in [2.45, 2.75) is 74.6 Å². The number of benzene rings is 2. The van der Waals surface area contributed by atoms with Crippen molar-refractivity contribution in [2.75, 3.05) is 20.1 Å². The van der Waals surface area contributed by atoms with E-state index in [0.29, 0.717) is 25.9 Å². The number of aromatic nitrogens is 1. The van der Waals surface area contributed by atoms with Gasteiger partial charge in [-0.1, -0.05) is 48.5 Å². The molecule has 7 N–H and O–H groups in total. The number of likely N-dealkylation sites (N-methyl/N-ethyl adjacent to an activating group) is 1. The quantitative estimate of drug-likeness (QED) is 0.168. The van der Waals surface area contributed by atoms with Crippen LogP contribution in [-0.2, 0) is 41.6 Å². The molecule has 280 valence electrons. The van der Waals surface area contributed by atoms with Gasteiger partial charge in [-0.05, 0) is 61.6 Å². The van der Waals surface area contributed by atoms with Crippen molar-refractivity contribution in [2.24, 2.45) is 5.92 Å². The average molecular weight is 732 g/mol. The smallest absolute Gasteiger partial charge is 0.335 e. The molecule has 8 rings (SSSR count). The highest BCUT2D eigenvalue weighted by atomic mass is 16.7. The number of hydrogen-bond donors (Lipinski definition) is 7. The molecular formula is C37H41N5O11. The van der Waals surface area contributed by atoms with Gasteiger partial charge in [0, 0.05) is 42.7 Å². The summed E-state index contributed by atoms with van der Waals surface area (Å²) in [5.41, 5.74) is 3.58. The maximum absolute atomic E-state index is 14.2. The Bertz CT molecular complexity index is 2000. The van der Waals surface area contributed by atoms with Crippen molar-refractivity contribution < 1.29 is 54.2 Å². The van der Waals surface area contributed by atoms with Gasteiger partial charge in [-0.15, -0.1) is 0 Å². The highest BCUT2D eigenvalue weighted by molar-refractivity contribution is 6.01. The molecule has 5 aliphatic rings. The van der Waals surface area contributed by atoms with Gasteiger partial charge in [0.25, 0.3) is 11.8 Å². The first-order valence-electron chi connectivity index (χ1n) is 17.4. The van der Waals surface area contributed by atoms with Gasteiger partial charge in [-0.3, -0.25) is 28.9 Å². The largest absolute Gasteiger partial charge is 0.479 e. The van der Waals surface area contributed by atoms with E-state index in [9.17, 15) is 29.1 Å². The van der Waals surface area contributed by atoms with Crippen LogP contribution in [0.2, 0.25) is 0 Å². The van der Waals surface area contributed by atoms with E-state index in [-0.39, 0.29) is 24.3 Å². The van der Waals surface area contributed by atoms with Gasteiger partial charge in [-0.2, -0.15) is 0 Å². The van der Waals surface area contributed by atoms with Gasteiger partial charge >= 0.3 is 11.9 Å². The van der Waals surface area contributed by atoms with Crippen LogP contribution in [0.3, 0.4) is 0 Å². The SMILES string of the molecule is CN1C[C@H](C(=O)N[C@]2(C)O[C@@]3(O)[C@@H]4CCCN4C(=O)[C@H](Cc4ccccc4)N3C2=O)C=C2c3cccc4[nH]cc(c34)C[C@H]21.O=C(O)C(O)C(O)C(=O)O. The number of aliphatic carboxylic acids is 2. The minimum absolute atomic E-state index is 0.144. The predicted octanol–water partition coefficient (Wildman–Crippen LogP) is -0.132. The third kappa shape index (κ3) is 6.05. The first kappa shape index (κ1) is 36.2. The first-order chi connectivity index (χ1) is 25.1. The van der Waals surface area contributed by atoms with Crippen molar-refractivity contribution in [3.8, 4) is 0 Å². The molecule has 3 amide bonds. The number of aliphatic hydroxyl groups is 3. The molecule has 16 nitrogen and oxygen atoms in total. The number of amides is 3. The lowest BCUT2D eigenvalue weighted by atomic mass is 9.79. The van der Waals surface area contributed by atoms with E-state index in [2.05, 4.69) is 33.5 Å². The number of ether oxygens (including phenoxy) is 1. The molecule has 3 fully saturated rings. The predicted molar refractivity (Wildman–Crippen MR) is 185 cm³/mol. The number of carbonyl (C=O) groups excluding carboxylic acids is 3. The third-order valence-electron chi connectivity index (χ3n) is 10.9. The second-order valence-electron chi connectivity index (χ2n) is 14.3. The van der Waals surface area contributed by atoms with E-state index in [1.54, 1.807) is 4.90 Å². The molecule has 0 radical (unpaired) electrons. The number of aromatic amines is 1. The van der Waals surface area contributed by atoms with Crippen molar-refractivity contribution in [1.82, 2.24) is 25.0 Å². The van der Waals surface area contributed by atoms with Crippen molar-refractivity contribution in [3.05, 3.63) is 77.5 Å². The number of carbonyl (C=O) groups is 5. The molecule has 1 aliphatic carbocycles. The van der Waals surface area contributed by atoms with Gasteiger partial charge in [0.15, 0.2) is 12.2 Å². The first-order valence-corrected chi connectivity index (χ1v) is 17.4. The van der Waals surface area contributed by atoms with Crippen molar-refractivity contribution in [3.63, 3.8) is 0 Å². The second-order valence-corrected chi connectivity index (χ2v) is 14.3. The minimum atomic E-state index is -2.27. The topological polar surface area (TPSA) is 233 Å². The van der Waals surface area contributed by atoms with E-state index in [4.69, 9.17) is 25.2 Å². The van der Waals surface area contributed by atoms with Crippen LogP contribution in [0.1, 0.15) is 36.5 Å². The fourth-order valence-corrected chi connectivity index (χ4v) is 8.39. The molecule has 3 aromatic rings. The maximum atomic E-state index is 14.2. The van der Waals surface area contributed by atoms with E-state index in [0.717, 1.165) is 28.6 Å². The van der Waals surface area contributed by atoms with Crippen LogP contribution in [-0.4, -0.2) is 137 Å². The van der Waals surface area contributed by atoms with E-state index in [1.807, 2.05) is 49.5 Å². The molecule has 2 unspecified atom stereocenters. The third-order valence-corrected chi connectivity index (χ3v) is 10.9. The van der Waals surface area contributed by atoms with Gasteiger partial charge in [0.2, 0.25) is 17.5 Å². The number of carboxylic acids is 2. The highest BCUT2D eigenvalue weighted by Crippen LogP contribution is 2.46. The van der Waals surface area contributed by atoms with Gasteiger partial charge in [-0.25, -0.2) is 9.59 Å². The number of piperazine rings is 1. The lowest BCUT2D eigenvalue weighted by Gasteiger charge is -2.48. The van der Waals surface area contributed by atoms with Gasteiger partial charge in [0.1, 0.15) is 12.1 Å². The normalized spacial score (nSPS) is 30.0. The molecule has 5 heterocycles. The molecule has 2 aromatic carbocycles.